The Morgan fingerprint density at radius 1 is 1.10 bits per heavy atom. The van der Waals surface area contributed by atoms with Crippen molar-refractivity contribution in [2.24, 2.45) is 0 Å². The van der Waals surface area contributed by atoms with E-state index in [1.807, 2.05) is 6.20 Å². The van der Waals surface area contributed by atoms with Gasteiger partial charge >= 0.3 is 6.09 Å². The van der Waals surface area contributed by atoms with Crippen LogP contribution in [0.25, 0.3) is 10.9 Å². The van der Waals surface area contributed by atoms with Crippen molar-refractivity contribution in [2.75, 3.05) is 42.5 Å². The number of hydrogen-bond donors (Lipinski definition) is 2. The number of aryl methyl sites for hydroxylation is 1. The van der Waals surface area contributed by atoms with E-state index in [-0.39, 0.29) is 0 Å². The van der Waals surface area contributed by atoms with Gasteiger partial charge in [0, 0.05) is 43.7 Å². The smallest absolute Gasteiger partial charge is 0.407 e. The molecule has 4 heterocycles. The van der Waals surface area contributed by atoms with E-state index >= 15 is 0 Å². The molecular weight excluding hydrogens is 370 g/mol. The predicted octanol–water partition coefficient (Wildman–Crippen LogP) is 2.02. The van der Waals surface area contributed by atoms with E-state index in [4.69, 9.17) is 0 Å². The summed E-state index contributed by atoms with van der Waals surface area (Å²) in [6, 6.07) is 4.19. The highest BCUT2D eigenvalue weighted by Gasteiger charge is 2.28. The van der Waals surface area contributed by atoms with Crippen LogP contribution in [-0.4, -0.2) is 69.0 Å². The third kappa shape index (κ3) is 3.02. The third-order valence-electron chi connectivity index (χ3n) is 5.95. The Morgan fingerprint density at radius 2 is 1.93 bits per heavy atom. The molecule has 5 rings (SSSR count). The average Bonchev–Trinajstić information content (AvgIpc) is 3.21. The fourth-order valence-corrected chi connectivity index (χ4v) is 4.44. The van der Waals surface area contributed by atoms with E-state index < -0.39 is 6.09 Å². The van der Waals surface area contributed by atoms with Crippen molar-refractivity contribution in [1.82, 2.24) is 25.1 Å². The van der Waals surface area contributed by atoms with Gasteiger partial charge in [0.05, 0.1) is 29.6 Å². The standard InChI is InChI=1S/C20H23N7O2/c1-13-2-3-16-15(10-23-24-16)18(13)27-5-4-14-17(11-27)21-12-22-19(14)25-6-8-26(9-7-25)20(28)29/h2-3,10,12H,4-9,11H2,1H3,(H,23,24)(H,28,29). The summed E-state index contributed by atoms with van der Waals surface area (Å²) < 4.78 is 0. The molecule has 0 atom stereocenters. The number of aromatic nitrogens is 4. The van der Waals surface area contributed by atoms with E-state index in [1.165, 1.54) is 21.7 Å². The first kappa shape index (κ1) is 17.7. The maximum Gasteiger partial charge on any atom is 0.407 e. The molecule has 0 saturated carbocycles. The van der Waals surface area contributed by atoms with Gasteiger partial charge in [-0.15, -0.1) is 0 Å². The quantitative estimate of drug-likeness (QED) is 0.687. The molecule has 1 saturated heterocycles. The van der Waals surface area contributed by atoms with Crippen molar-refractivity contribution in [3.8, 4) is 0 Å². The van der Waals surface area contributed by atoms with Gasteiger partial charge in [-0.25, -0.2) is 14.8 Å². The zero-order chi connectivity index (χ0) is 20.0. The Labute approximate surface area is 168 Å². The molecule has 29 heavy (non-hydrogen) atoms. The normalized spacial score (nSPS) is 16.9. The van der Waals surface area contributed by atoms with E-state index in [2.05, 4.69) is 49.0 Å². The monoisotopic (exact) mass is 393 g/mol. The highest BCUT2D eigenvalue weighted by atomic mass is 16.4. The molecule has 0 unspecified atom stereocenters. The molecule has 0 spiro atoms. The average molecular weight is 393 g/mol. The highest BCUT2D eigenvalue weighted by molar-refractivity contribution is 5.93. The second-order valence-corrected chi connectivity index (χ2v) is 7.61. The van der Waals surface area contributed by atoms with E-state index in [0.717, 1.165) is 41.9 Å². The molecule has 1 fully saturated rings. The van der Waals surface area contributed by atoms with Crippen LogP contribution in [0, 0.1) is 6.92 Å². The van der Waals surface area contributed by atoms with Crippen molar-refractivity contribution in [3.63, 3.8) is 0 Å². The number of hydrogen-bond acceptors (Lipinski definition) is 6. The van der Waals surface area contributed by atoms with Crippen LogP contribution >= 0.6 is 0 Å². The molecule has 2 aliphatic heterocycles. The summed E-state index contributed by atoms with van der Waals surface area (Å²) >= 11 is 0. The molecule has 0 aliphatic carbocycles. The summed E-state index contributed by atoms with van der Waals surface area (Å²) in [6.07, 6.45) is 3.53. The molecule has 2 N–H and O–H groups in total. The van der Waals surface area contributed by atoms with Crippen molar-refractivity contribution in [1.29, 1.82) is 0 Å². The summed E-state index contributed by atoms with van der Waals surface area (Å²) in [5, 5.41) is 17.6. The number of carbonyl (C=O) groups is 1. The topological polar surface area (TPSA) is 101 Å². The number of carboxylic acid groups (broad SMARTS) is 1. The van der Waals surface area contributed by atoms with Crippen LogP contribution in [0.1, 0.15) is 16.8 Å². The van der Waals surface area contributed by atoms with Gasteiger partial charge in [0.2, 0.25) is 0 Å². The van der Waals surface area contributed by atoms with Gasteiger partial charge < -0.3 is 19.8 Å². The minimum absolute atomic E-state index is 0.502. The van der Waals surface area contributed by atoms with Gasteiger partial charge in [-0.2, -0.15) is 5.10 Å². The Morgan fingerprint density at radius 3 is 2.72 bits per heavy atom. The SMILES string of the molecule is Cc1ccc2[nH]ncc2c1N1CCc2c(ncnc2N2CCN(C(=O)O)CC2)C1. The maximum absolute atomic E-state index is 11.2. The number of rotatable bonds is 2. The molecular formula is C20H23N7O2. The lowest BCUT2D eigenvalue weighted by Gasteiger charge is -2.37. The number of piperazine rings is 1. The summed E-state index contributed by atoms with van der Waals surface area (Å²) in [6.45, 7) is 6.06. The van der Waals surface area contributed by atoms with Crippen LogP contribution in [0.2, 0.25) is 0 Å². The molecule has 2 aromatic heterocycles. The molecule has 0 bridgehead atoms. The third-order valence-corrected chi connectivity index (χ3v) is 5.95. The minimum Gasteiger partial charge on any atom is -0.465 e. The number of nitrogens with zero attached hydrogens (tertiary/aromatic N) is 6. The maximum atomic E-state index is 11.2. The number of nitrogens with one attached hydrogen (secondary N) is 1. The van der Waals surface area contributed by atoms with Crippen molar-refractivity contribution < 1.29 is 9.90 Å². The number of fused-ring (bicyclic) bond motifs is 2. The number of anilines is 2. The Bertz CT molecular complexity index is 1070. The van der Waals surface area contributed by atoms with Crippen LogP contribution in [-0.2, 0) is 13.0 Å². The lowest BCUT2D eigenvalue weighted by molar-refractivity contribution is 0.142. The zero-order valence-electron chi connectivity index (χ0n) is 16.3. The summed E-state index contributed by atoms with van der Waals surface area (Å²) in [5.74, 6) is 0.956. The number of aromatic amines is 1. The zero-order valence-corrected chi connectivity index (χ0v) is 16.3. The van der Waals surface area contributed by atoms with Crippen molar-refractivity contribution >= 4 is 28.5 Å². The van der Waals surface area contributed by atoms with E-state index in [1.54, 1.807) is 6.33 Å². The minimum atomic E-state index is -0.853. The fraction of sp³-hybridized carbons (Fsp3) is 0.400. The summed E-state index contributed by atoms with van der Waals surface area (Å²) in [5.41, 5.74) is 5.70. The van der Waals surface area contributed by atoms with Crippen LogP contribution in [0.4, 0.5) is 16.3 Å². The molecule has 2 aliphatic rings. The van der Waals surface area contributed by atoms with E-state index in [9.17, 15) is 9.90 Å². The van der Waals surface area contributed by atoms with Gasteiger partial charge in [0.15, 0.2) is 0 Å². The van der Waals surface area contributed by atoms with Crippen LogP contribution in [0.15, 0.2) is 24.7 Å². The highest BCUT2D eigenvalue weighted by Crippen LogP contribution is 2.34. The molecule has 1 aromatic carbocycles. The van der Waals surface area contributed by atoms with Gasteiger partial charge in [-0.05, 0) is 25.0 Å². The van der Waals surface area contributed by atoms with Gasteiger partial charge in [0.1, 0.15) is 12.1 Å². The number of H-pyrrole nitrogens is 1. The molecule has 3 aromatic rings. The van der Waals surface area contributed by atoms with Gasteiger partial charge in [-0.1, -0.05) is 6.07 Å². The molecule has 0 radical (unpaired) electrons. The summed E-state index contributed by atoms with van der Waals surface area (Å²) in [4.78, 5) is 26.3. The molecule has 1 amide bonds. The van der Waals surface area contributed by atoms with E-state index in [0.29, 0.717) is 26.2 Å². The first-order valence-electron chi connectivity index (χ1n) is 9.85. The van der Waals surface area contributed by atoms with Gasteiger partial charge in [-0.3, -0.25) is 5.10 Å². The lowest BCUT2D eigenvalue weighted by Crippen LogP contribution is -2.49. The van der Waals surface area contributed by atoms with Crippen LogP contribution in [0.3, 0.4) is 0 Å². The van der Waals surface area contributed by atoms with Crippen molar-refractivity contribution in [3.05, 3.63) is 41.5 Å². The number of amides is 1. The predicted molar refractivity (Wildman–Crippen MR) is 109 cm³/mol. The largest absolute Gasteiger partial charge is 0.465 e. The molecule has 9 heteroatoms. The second-order valence-electron chi connectivity index (χ2n) is 7.61. The number of benzene rings is 1. The molecule has 150 valence electrons. The Hall–Kier alpha value is -3.36. The lowest BCUT2D eigenvalue weighted by atomic mass is 10.0. The van der Waals surface area contributed by atoms with Crippen LogP contribution < -0.4 is 9.80 Å². The second kappa shape index (κ2) is 6.91. The molecule has 9 nitrogen and oxygen atoms in total. The Kier molecular flexibility index (Phi) is 4.22. The van der Waals surface area contributed by atoms with Crippen LogP contribution in [0.5, 0.6) is 0 Å². The van der Waals surface area contributed by atoms with Crippen molar-refractivity contribution in [2.45, 2.75) is 19.9 Å². The first-order valence-corrected chi connectivity index (χ1v) is 9.85. The first-order chi connectivity index (χ1) is 14.1. The fourth-order valence-electron chi connectivity index (χ4n) is 4.44. The summed E-state index contributed by atoms with van der Waals surface area (Å²) in [7, 11) is 0. The van der Waals surface area contributed by atoms with Gasteiger partial charge in [0.25, 0.3) is 0 Å². The Balaban J connectivity index is 1.42.